The first-order valence-corrected chi connectivity index (χ1v) is 14.8. The van der Waals surface area contributed by atoms with Crippen molar-refractivity contribution in [3.05, 3.63) is 64.6 Å². The summed E-state index contributed by atoms with van der Waals surface area (Å²) in [5.74, 6) is -0.803. The maximum atomic E-state index is 13.6. The number of fused-ring (bicyclic) bond motifs is 1. The van der Waals surface area contributed by atoms with Gasteiger partial charge in [0, 0.05) is 18.5 Å². The number of methoxy groups -OCH3 is 2. The highest BCUT2D eigenvalue weighted by atomic mass is 19.4. The van der Waals surface area contributed by atoms with E-state index in [0.29, 0.717) is 36.4 Å². The third-order valence-corrected chi connectivity index (χ3v) is 7.47. The Morgan fingerprint density at radius 3 is 2.25 bits per heavy atom. The van der Waals surface area contributed by atoms with Crippen LogP contribution in [0, 0.1) is 0 Å². The summed E-state index contributed by atoms with van der Waals surface area (Å²) in [6.45, 7) is 5.04. The lowest BCUT2D eigenvalue weighted by Gasteiger charge is -2.39. The molecular formula is C31H33F6N5O6. The quantitative estimate of drug-likeness (QED) is 0.181. The first-order chi connectivity index (χ1) is 22.6. The van der Waals surface area contributed by atoms with Crippen molar-refractivity contribution in [2.24, 2.45) is 0 Å². The van der Waals surface area contributed by atoms with Gasteiger partial charge in [0.1, 0.15) is 0 Å². The van der Waals surface area contributed by atoms with Crippen LogP contribution in [-0.2, 0) is 33.0 Å². The van der Waals surface area contributed by atoms with Crippen LogP contribution < -0.4 is 19.7 Å². The van der Waals surface area contributed by atoms with Gasteiger partial charge in [0.2, 0.25) is 11.8 Å². The lowest BCUT2D eigenvalue weighted by Crippen LogP contribution is -2.46. The van der Waals surface area contributed by atoms with Gasteiger partial charge >= 0.3 is 24.4 Å². The molecule has 1 aliphatic rings. The fraction of sp³-hybridized carbons (Fsp3) is 0.452. The molecule has 0 radical (unpaired) electrons. The van der Waals surface area contributed by atoms with E-state index >= 15 is 0 Å². The van der Waals surface area contributed by atoms with Gasteiger partial charge in [-0.2, -0.15) is 26.3 Å². The molecule has 1 amide bonds. The predicted molar refractivity (Wildman–Crippen MR) is 159 cm³/mol. The van der Waals surface area contributed by atoms with E-state index in [2.05, 4.69) is 25.0 Å². The molecule has 0 saturated heterocycles. The monoisotopic (exact) mass is 685 g/mol. The topological polar surface area (TPSA) is 125 Å². The Morgan fingerprint density at radius 1 is 1.02 bits per heavy atom. The third-order valence-electron chi connectivity index (χ3n) is 7.47. The van der Waals surface area contributed by atoms with Crippen LogP contribution in [0.1, 0.15) is 67.7 Å². The van der Waals surface area contributed by atoms with Gasteiger partial charge in [-0.15, -0.1) is 0 Å². The van der Waals surface area contributed by atoms with Crippen molar-refractivity contribution in [3.8, 4) is 11.6 Å². The number of nitrogens with one attached hydrogen (secondary N) is 1. The zero-order valence-corrected chi connectivity index (χ0v) is 26.5. The number of rotatable bonds is 10. The van der Waals surface area contributed by atoms with Gasteiger partial charge < -0.3 is 24.3 Å². The van der Waals surface area contributed by atoms with E-state index in [9.17, 15) is 35.9 Å². The number of carbonyl (C=O) groups is 2. The first-order valence-electron chi connectivity index (χ1n) is 14.8. The van der Waals surface area contributed by atoms with Crippen molar-refractivity contribution in [3.63, 3.8) is 0 Å². The maximum Gasteiger partial charge on any atom is 0.416 e. The van der Waals surface area contributed by atoms with Crippen molar-refractivity contribution >= 4 is 23.7 Å². The second-order valence-electron chi connectivity index (χ2n) is 10.7. The van der Waals surface area contributed by atoms with E-state index in [1.54, 1.807) is 19.1 Å². The van der Waals surface area contributed by atoms with Gasteiger partial charge in [0.25, 0.3) is 0 Å². The second-order valence-corrected chi connectivity index (χ2v) is 10.7. The van der Waals surface area contributed by atoms with Crippen LogP contribution in [0.4, 0.5) is 42.8 Å². The number of hydrogen-bond donors (Lipinski definition) is 1. The lowest BCUT2D eigenvalue weighted by molar-refractivity contribution is -0.148. The number of aromatic nitrogens is 3. The van der Waals surface area contributed by atoms with E-state index in [0.717, 1.165) is 13.3 Å². The molecule has 1 unspecified atom stereocenters. The number of halogens is 6. The molecule has 0 fully saturated rings. The summed E-state index contributed by atoms with van der Waals surface area (Å²) >= 11 is 0. The molecule has 3 aromatic rings. The van der Waals surface area contributed by atoms with Crippen LogP contribution in [0.3, 0.4) is 0 Å². The molecule has 1 N–H and O–H groups in total. The molecule has 17 heteroatoms. The maximum absolute atomic E-state index is 13.6. The van der Waals surface area contributed by atoms with Gasteiger partial charge in [-0.1, -0.05) is 6.92 Å². The Hall–Kier alpha value is -4.83. The minimum atomic E-state index is -5.07. The number of ether oxygens (including phenoxy) is 4. The molecule has 1 aromatic carbocycles. The largest absolute Gasteiger partial charge is 0.481 e. The molecule has 0 spiro atoms. The summed E-state index contributed by atoms with van der Waals surface area (Å²) in [5, 5.41) is 3.13. The number of amides is 1. The van der Waals surface area contributed by atoms with Crippen molar-refractivity contribution in [1.29, 1.82) is 0 Å². The zero-order chi connectivity index (χ0) is 35.4. The lowest BCUT2D eigenvalue weighted by atomic mass is 9.93. The van der Waals surface area contributed by atoms with E-state index in [4.69, 9.17) is 14.2 Å². The molecule has 11 nitrogen and oxygen atoms in total. The van der Waals surface area contributed by atoms with Crippen molar-refractivity contribution < 1.29 is 54.9 Å². The number of carbonyl (C=O) groups excluding carboxylic acids is 2. The van der Waals surface area contributed by atoms with Crippen molar-refractivity contribution in [1.82, 2.24) is 15.0 Å². The van der Waals surface area contributed by atoms with Crippen LogP contribution in [0.25, 0.3) is 0 Å². The molecule has 0 bridgehead atoms. The highest BCUT2D eigenvalue weighted by molar-refractivity contribution is 5.90. The Kier molecular flexibility index (Phi) is 10.9. The first kappa shape index (κ1) is 36.0. The zero-order valence-electron chi connectivity index (χ0n) is 26.5. The number of nitrogens with zero attached hydrogens (tertiary/aromatic N) is 4. The summed E-state index contributed by atoms with van der Waals surface area (Å²) in [5.41, 5.74) is -2.68. The summed E-state index contributed by atoms with van der Waals surface area (Å²) in [6.07, 6.45) is -10.5. The molecule has 0 aliphatic carbocycles. The van der Waals surface area contributed by atoms with Gasteiger partial charge in [0.15, 0.2) is 11.9 Å². The smallest absolute Gasteiger partial charge is 0.416 e. The highest BCUT2D eigenvalue weighted by Gasteiger charge is 2.39. The summed E-state index contributed by atoms with van der Waals surface area (Å²) in [7, 11) is 2.53. The standard InChI is InChI=1S/C31H33F6N5O6/c1-6-20-14-22(26-23(8-9-25(41-26)45-4)42(20)29(44)47-7-2)40-28-38-15-24(48-16(3)27(43)46-5)21(39-28)12-17-10-18(30(32,33)34)13-19(11-17)31(35,36)37/h8-11,13,15-16,20,22H,6-7,12,14H2,1-5H3,(H,38,39,40)/t16?,20-,22+/m1/s1. The van der Waals surface area contributed by atoms with E-state index < -0.39 is 54.1 Å². The summed E-state index contributed by atoms with van der Waals surface area (Å²) < 4.78 is 103. The Balaban J connectivity index is 1.79. The molecular weight excluding hydrogens is 652 g/mol. The molecule has 3 heterocycles. The number of pyridine rings is 1. The molecule has 260 valence electrons. The molecule has 1 aliphatic heterocycles. The molecule has 2 aromatic heterocycles. The van der Waals surface area contributed by atoms with Crippen molar-refractivity contribution in [2.75, 3.05) is 31.0 Å². The molecule has 0 saturated carbocycles. The Bertz CT molecular complexity index is 1600. The number of benzene rings is 1. The average molecular weight is 686 g/mol. The minimum Gasteiger partial charge on any atom is -0.481 e. The normalized spacial score (nSPS) is 16.9. The van der Waals surface area contributed by atoms with Gasteiger partial charge in [-0.25, -0.2) is 24.5 Å². The number of anilines is 2. The van der Waals surface area contributed by atoms with E-state index in [1.165, 1.54) is 18.9 Å². The van der Waals surface area contributed by atoms with Gasteiger partial charge in [-0.05, 0) is 56.5 Å². The van der Waals surface area contributed by atoms with Crippen LogP contribution in [0.15, 0.2) is 36.5 Å². The number of esters is 1. The molecule has 3 atom stereocenters. The van der Waals surface area contributed by atoms with Crippen LogP contribution in [-0.4, -0.2) is 60.0 Å². The predicted octanol–water partition coefficient (Wildman–Crippen LogP) is 6.75. The SMILES string of the molecule is CCOC(=O)N1c2ccc(OC)nc2[C@@H](Nc2ncc(OC(C)C(=O)OC)c(Cc3cc(C(F)(F)F)cc(C(F)(F)F)c3)n2)C[C@H]1CC. The molecule has 48 heavy (non-hydrogen) atoms. The van der Waals surface area contributed by atoms with E-state index in [-0.39, 0.29) is 47.6 Å². The third kappa shape index (κ3) is 8.17. The van der Waals surface area contributed by atoms with Crippen LogP contribution in [0.5, 0.6) is 11.6 Å². The minimum absolute atomic E-state index is 0.0265. The fourth-order valence-corrected chi connectivity index (χ4v) is 5.20. The van der Waals surface area contributed by atoms with Crippen LogP contribution >= 0.6 is 0 Å². The highest BCUT2D eigenvalue weighted by Crippen LogP contribution is 2.41. The second kappa shape index (κ2) is 14.5. The van der Waals surface area contributed by atoms with E-state index in [1.807, 2.05) is 6.92 Å². The molecule has 4 rings (SSSR count). The average Bonchev–Trinajstić information content (AvgIpc) is 3.04. The van der Waals surface area contributed by atoms with Crippen molar-refractivity contribution in [2.45, 2.75) is 70.6 Å². The Morgan fingerprint density at radius 2 is 1.69 bits per heavy atom. The van der Waals surface area contributed by atoms with Gasteiger partial charge in [0.05, 0.1) is 61.3 Å². The number of alkyl halides is 6. The van der Waals surface area contributed by atoms with Crippen LogP contribution in [0.2, 0.25) is 0 Å². The Labute approximate surface area is 271 Å². The number of hydrogen-bond acceptors (Lipinski definition) is 10. The summed E-state index contributed by atoms with van der Waals surface area (Å²) in [4.78, 5) is 39.7. The fourth-order valence-electron chi connectivity index (χ4n) is 5.20. The summed E-state index contributed by atoms with van der Waals surface area (Å²) in [6, 6.07) is 3.43. The van der Waals surface area contributed by atoms with Gasteiger partial charge in [-0.3, -0.25) is 4.90 Å².